The third kappa shape index (κ3) is 4.07. The van der Waals surface area contributed by atoms with Crippen molar-refractivity contribution in [3.05, 3.63) is 83.9 Å². The minimum Gasteiger partial charge on any atom is -0.366 e. The van der Waals surface area contributed by atoms with Crippen LogP contribution in [0.15, 0.2) is 67.0 Å². The second-order valence-electron chi connectivity index (χ2n) is 5.51. The van der Waals surface area contributed by atoms with E-state index in [-0.39, 0.29) is 11.9 Å². The van der Waals surface area contributed by atoms with E-state index < -0.39 is 0 Å². The average molecular weight is 322 g/mol. The van der Waals surface area contributed by atoms with Gasteiger partial charge in [-0.3, -0.25) is 0 Å². The van der Waals surface area contributed by atoms with Crippen molar-refractivity contribution >= 4 is 11.6 Å². The first-order valence-electron chi connectivity index (χ1n) is 7.83. The Morgan fingerprint density at radius 2 is 1.67 bits per heavy atom. The molecule has 5 heteroatoms. The lowest BCUT2D eigenvalue weighted by atomic mass is 10.1. The zero-order valence-electron chi connectivity index (χ0n) is 13.4. The smallest absolute Gasteiger partial charge is 0.131 e. The van der Waals surface area contributed by atoms with Crippen LogP contribution in [0.3, 0.4) is 0 Å². The van der Waals surface area contributed by atoms with E-state index in [9.17, 15) is 4.39 Å². The van der Waals surface area contributed by atoms with E-state index in [4.69, 9.17) is 0 Å². The molecule has 0 bridgehead atoms. The molecule has 0 saturated carbocycles. The highest BCUT2D eigenvalue weighted by Gasteiger charge is 2.07. The van der Waals surface area contributed by atoms with Gasteiger partial charge in [-0.1, -0.05) is 48.5 Å². The summed E-state index contributed by atoms with van der Waals surface area (Å²) in [6.07, 6.45) is 1.49. The van der Waals surface area contributed by atoms with Crippen LogP contribution in [0.5, 0.6) is 0 Å². The Morgan fingerprint density at radius 3 is 2.46 bits per heavy atom. The monoisotopic (exact) mass is 322 g/mol. The molecule has 1 unspecified atom stereocenters. The Balaban J connectivity index is 1.65. The molecule has 2 N–H and O–H groups in total. The number of hydrogen-bond acceptors (Lipinski definition) is 4. The minimum atomic E-state index is -0.227. The maximum atomic E-state index is 13.6. The minimum absolute atomic E-state index is 0.125. The maximum Gasteiger partial charge on any atom is 0.131 e. The van der Waals surface area contributed by atoms with Gasteiger partial charge in [0, 0.05) is 24.2 Å². The first-order chi connectivity index (χ1) is 11.7. The molecule has 3 rings (SSSR count). The molecule has 24 heavy (non-hydrogen) atoms. The second-order valence-corrected chi connectivity index (χ2v) is 5.51. The summed E-state index contributed by atoms with van der Waals surface area (Å²) >= 11 is 0. The lowest BCUT2D eigenvalue weighted by molar-refractivity contribution is 0.613. The predicted octanol–water partition coefficient (Wildman–Crippen LogP) is 4.40. The molecule has 4 nitrogen and oxygen atoms in total. The van der Waals surface area contributed by atoms with Gasteiger partial charge < -0.3 is 10.6 Å². The van der Waals surface area contributed by atoms with E-state index in [1.165, 1.54) is 18.0 Å². The predicted molar refractivity (Wildman–Crippen MR) is 94.2 cm³/mol. The molecule has 0 amide bonds. The summed E-state index contributed by atoms with van der Waals surface area (Å²) in [5, 5.41) is 6.47. The van der Waals surface area contributed by atoms with Gasteiger partial charge in [-0.25, -0.2) is 14.4 Å². The van der Waals surface area contributed by atoms with Gasteiger partial charge in [0.25, 0.3) is 0 Å². The van der Waals surface area contributed by atoms with Crippen molar-refractivity contribution in [3.8, 4) is 0 Å². The Kier molecular flexibility index (Phi) is 5.01. The lowest BCUT2D eigenvalue weighted by Crippen LogP contribution is -2.09. The molecule has 0 fully saturated rings. The Bertz CT molecular complexity index is 792. The van der Waals surface area contributed by atoms with Gasteiger partial charge in [-0.2, -0.15) is 0 Å². The number of hydrogen-bond donors (Lipinski definition) is 2. The van der Waals surface area contributed by atoms with E-state index in [0.29, 0.717) is 17.9 Å². The molecule has 0 aliphatic heterocycles. The summed E-state index contributed by atoms with van der Waals surface area (Å²) in [5.74, 6) is 1.14. The van der Waals surface area contributed by atoms with Gasteiger partial charge in [0.15, 0.2) is 0 Å². The topological polar surface area (TPSA) is 49.8 Å². The van der Waals surface area contributed by atoms with Crippen molar-refractivity contribution < 1.29 is 4.39 Å². The molecule has 0 aliphatic carbocycles. The molecule has 0 spiro atoms. The average Bonchev–Trinajstić information content (AvgIpc) is 2.62. The molecule has 1 heterocycles. The van der Waals surface area contributed by atoms with Crippen LogP contribution in [0.2, 0.25) is 0 Å². The Labute approximate surface area is 140 Å². The number of anilines is 2. The van der Waals surface area contributed by atoms with E-state index in [1.54, 1.807) is 12.1 Å². The third-order valence-electron chi connectivity index (χ3n) is 3.75. The second kappa shape index (κ2) is 7.55. The van der Waals surface area contributed by atoms with Crippen molar-refractivity contribution in [2.45, 2.75) is 19.5 Å². The molecule has 122 valence electrons. The highest BCUT2D eigenvalue weighted by atomic mass is 19.1. The molecule has 0 radical (unpaired) electrons. The molecule has 3 aromatic rings. The zero-order valence-corrected chi connectivity index (χ0v) is 13.4. The highest BCUT2D eigenvalue weighted by Crippen LogP contribution is 2.19. The van der Waals surface area contributed by atoms with Gasteiger partial charge in [0.05, 0.1) is 0 Å². The SMILES string of the molecule is CC(Nc1cc(NCc2ccccc2F)ncn1)c1ccccc1. The Morgan fingerprint density at radius 1 is 0.958 bits per heavy atom. The van der Waals surface area contributed by atoms with Crippen LogP contribution in [-0.4, -0.2) is 9.97 Å². The first-order valence-corrected chi connectivity index (χ1v) is 7.83. The fraction of sp³-hybridized carbons (Fsp3) is 0.158. The van der Waals surface area contributed by atoms with Crippen LogP contribution < -0.4 is 10.6 Å². The number of benzene rings is 2. The summed E-state index contributed by atoms with van der Waals surface area (Å²) in [7, 11) is 0. The summed E-state index contributed by atoms with van der Waals surface area (Å²) in [6.45, 7) is 2.45. The quantitative estimate of drug-likeness (QED) is 0.706. The van der Waals surface area contributed by atoms with Crippen LogP contribution >= 0.6 is 0 Å². The van der Waals surface area contributed by atoms with Crippen LogP contribution in [-0.2, 0) is 6.54 Å². The van der Waals surface area contributed by atoms with Crippen molar-refractivity contribution in [3.63, 3.8) is 0 Å². The first kappa shape index (κ1) is 15.9. The zero-order chi connectivity index (χ0) is 16.8. The number of aromatic nitrogens is 2. The molecule has 1 aromatic heterocycles. The van der Waals surface area contributed by atoms with Crippen LogP contribution in [0, 0.1) is 5.82 Å². The molecule has 0 saturated heterocycles. The number of nitrogens with zero attached hydrogens (tertiary/aromatic N) is 2. The molecule has 1 atom stereocenters. The van der Waals surface area contributed by atoms with E-state index in [0.717, 1.165) is 5.82 Å². The van der Waals surface area contributed by atoms with Crippen molar-refractivity contribution in [2.24, 2.45) is 0 Å². The van der Waals surface area contributed by atoms with Crippen molar-refractivity contribution in [2.75, 3.05) is 10.6 Å². The maximum absolute atomic E-state index is 13.6. The molecular weight excluding hydrogens is 303 g/mol. The lowest BCUT2D eigenvalue weighted by Gasteiger charge is -2.15. The molecule has 2 aromatic carbocycles. The highest BCUT2D eigenvalue weighted by molar-refractivity contribution is 5.48. The standard InChI is InChI=1S/C19H19FN4/c1-14(15-7-3-2-4-8-15)24-19-11-18(22-13-23-19)21-12-16-9-5-6-10-17(16)20/h2-11,13-14H,12H2,1H3,(H2,21,22,23,24). The molecule has 0 aliphatic rings. The van der Waals surface area contributed by atoms with Gasteiger partial charge in [-0.05, 0) is 18.6 Å². The van der Waals surface area contributed by atoms with Crippen molar-refractivity contribution in [1.82, 2.24) is 9.97 Å². The summed E-state index contributed by atoms with van der Waals surface area (Å²) in [6, 6.07) is 18.8. The van der Waals surface area contributed by atoms with Crippen LogP contribution in [0.25, 0.3) is 0 Å². The fourth-order valence-electron chi connectivity index (χ4n) is 2.41. The normalized spacial score (nSPS) is 11.8. The third-order valence-corrected chi connectivity index (χ3v) is 3.75. The van der Waals surface area contributed by atoms with E-state index in [2.05, 4.69) is 39.7 Å². The van der Waals surface area contributed by atoms with Gasteiger partial charge >= 0.3 is 0 Å². The largest absolute Gasteiger partial charge is 0.366 e. The van der Waals surface area contributed by atoms with Crippen LogP contribution in [0.1, 0.15) is 24.1 Å². The summed E-state index contributed by atoms with van der Waals surface area (Å²) in [4.78, 5) is 8.42. The van der Waals surface area contributed by atoms with E-state index in [1.807, 2.05) is 30.3 Å². The van der Waals surface area contributed by atoms with Crippen LogP contribution in [0.4, 0.5) is 16.0 Å². The number of rotatable bonds is 6. The fourth-order valence-corrected chi connectivity index (χ4v) is 2.41. The van der Waals surface area contributed by atoms with Crippen molar-refractivity contribution in [1.29, 1.82) is 0 Å². The van der Waals surface area contributed by atoms with E-state index >= 15 is 0 Å². The Hall–Kier alpha value is -2.95. The summed E-state index contributed by atoms with van der Waals surface area (Å²) in [5.41, 5.74) is 1.78. The van der Waals surface area contributed by atoms with Gasteiger partial charge in [-0.15, -0.1) is 0 Å². The summed E-state index contributed by atoms with van der Waals surface area (Å²) < 4.78 is 13.6. The number of halogens is 1. The van der Waals surface area contributed by atoms with Gasteiger partial charge in [0.2, 0.25) is 0 Å². The molecular formula is C19H19FN4. The number of nitrogens with one attached hydrogen (secondary N) is 2. The van der Waals surface area contributed by atoms with Gasteiger partial charge in [0.1, 0.15) is 23.8 Å².